The Morgan fingerprint density at radius 2 is 1.77 bits per heavy atom. The van der Waals surface area contributed by atoms with Crippen molar-refractivity contribution in [2.24, 2.45) is 5.92 Å². The van der Waals surface area contributed by atoms with E-state index in [1.807, 2.05) is 0 Å². The maximum Gasteiger partial charge on any atom is 0.417 e. The number of alkyl halides is 3. The first-order valence-electron chi connectivity index (χ1n) is 10.5. The minimum atomic E-state index is -4.75. The lowest BCUT2D eigenvalue weighted by Gasteiger charge is -2.30. The van der Waals surface area contributed by atoms with Gasteiger partial charge >= 0.3 is 6.18 Å². The molecule has 2 saturated heterocycles. The molecule has 0 aliphatic carbocycles. The Balaban J connectivity index is 1.52. The predicted octanol–water partition coefficient (Wildman–Crippen LogP) is 3.36. The number of nitrogens with one attached hydrogen (secondary N) is 1. The van der Waals surface area contributed by atoms with Gasteiger partial charge < -0.3 is 10.2 Å². The van der Waals surface area contributed by atoms with E-state index in [1.165, 1.54) is 12.8 Å². The number of likely N-dealkylation sites (tertiary alicyclic amines) is 1. The molecule has 1 aromatic carbocycles. The van der Waals surface area contributed by atoms with Crippen LogP contribution in [0.4, 0.5) is 13.2 Å². The molecule has 2 aliphatic rings. The highest BCUT2D eigenvalue weighted by Crippen LogP contribution is 2.36. The Morgan fingerprint density at radius 1 is 1.13 bits per heavy atom. The van der Waals surface area contributed by atoms with Crippen molar-refractivity contribution in [3.63, 3.8) is 0 Å². The van der Waals surface area contributed by atoms with Crippen LogP contribution in [0.3, 0.4) is 0 Å². The predicted molar refractivity (Wildman–Crippen MR) is 111 cm³/mol. The number of carbonyl (C=O) groups is 1. The number of sulfonamides is 1. The van der Waals surface area contributed by atoms with E-state index in [-0.39, 0.29) is 24.9 Å². The fourth-order valence-electron chi connectivity index (χ4n) is 4.05. The average Bonchev–Trinajstić information content (AvgIpc) is 3.24. The molecule has 0 radical (unpaired) electrons. The number of rotatable bonds is 7. The van der Waals surface area contributed by atoms with Gasteiger partial charge in [0.25, 0.3) is 0 Å². The molecular weight excluding hydrogens is 455 g/mol. The van der Waals surface area contributed by atoms with Gasteiger partial charge in [-0.15, -0.1) is 0 Å². The quantitative estimate of drug-likeness (QED) is 0.606. The summed E-state index contributed by atoms with van der Waals surface area (Å²) in [7, 11) is -4.10. The van der Waals surface area contributed by atoms with Crippen molar-refractivity contribution < 1.29 is 26.4 Å². The minimum absolute atomic E-state index is 0.0815. The number of nitrogens with zero attached hydrogens (tertiary/aromatic N) is 2. The van der Waals surface area contributed by atoms with Crippen LogP contribution in [0.1, 0.15) is 37.7 Å². The third-order valence-electron chi connectivity index (χ3n) is 5.85. The van der Waals surface area contributed by atoms with Crippen LogP contribution in [0.2, 0.25) is 5.02 Å². The highest BCUT2D eigenvalue weighted by Gasteiger charge is 2.37. The van der Waals surface area contributed by atoms with Crippen molar-refractivity contribution in [1.29, 1.82) is 0 Å². The van der Waals surface area contributed by atoms with E-state index in [1.54, 1.807) is 0 Å². The van der Waals surface area contributed by atoms with E-state index in [4.69, 9.17) is 11.6 Å². The highest BCUT2D eigenvalue weighted by atomic mass is 35.5. The van der Waals surface area contributed by atoms with Gasteiger partial charge in [-0.25, -0.2) is 8.42 Å². The molecule has 0 saturated carbocycles. The Morgan fingerprint density at radius 3 is 2.39 bits per heavy atom. The number of hydrogen-bond donors (Lipinski definition) is 1. The van der Waals surface area contributed by atoms with E-state index in [0.717, 1.165) is 42.5 Å². The summed E-state index contributed by atoms with van der Waals surface area (Å²) in [5, 5.41) is 2.37. The molecule has 0 aromatic heterocycles. The van der Waals surface area contributed by atoms with Crippen LogP contribution in [0.5, 0.6) is 0 Å². The summed E-state index contributed by atoms with van der Waals surface area (Å²) in [6.45, 7) is 3.92. The van der Waals surface area contributed by atoms with Gasteiger partial charge in [-0.3, -0.25) is 4.79 Å². The molecule has 2 heterocycles. The van der Waals surface area contributed by atoms with Crippen LogP contribution in [-0.4, -0.2) is 62.8 Å². The maximum atomic E-state index is 13.1. The van der Waals surface area contributed by atoms with E-state index in [0.29, 0.717) is 25.5 Å². The van der Waals surface area contributed by atoms with Gasteiger partial charge in [0.15, 0.2) is 0 Å². The standard InChI is InChI=1S/C20H27ClF3N3O3S/c21-18-5-4-16(14-17(18)20(22,23)24)31(29,30)27-12-6-15(7-13-27)19(28)25-8-3-11-26-9-1-2-10-26/h4-5,14-15H,1-3,6-13H2,(H,25,28). The fourth-order valence-corrected chi connectivity index (χ4v) is 5.78. The van der Waals surface area contributed by atoms with Gasteiger partial charge in [0, 0.05) is 25.6 Å². The van der Waals surface area contributed by atoms with E-state index < -0.39 is 31.7 Å². The first kappa shape index (κ1) is 24.3. The summed E-state index contributed by atoms with van der Waals surface area (Å²) < 4.78 is 66.0. The Kier molecular flexibility index (Phi) is 7.88. The molecule has 0 unspecified atom stereocenters. The Bertz CT molecular complexity index is 881. The topological polar surface area (TPSA) is 69.7 Å². The molecule has 0 atom stereocenters. The van der Waals surface area contributed by atoms with E-state index in [9.17, 15) is 26.4 Å². The third kappa shape index (κ3) is 6.12. The SMILES string of the molecule is O=C(NCCCN1CCCC1)C1CCN(S(=O)(=O)c2ccc(Cl)c(C(F)(F)F)c2)CC1. The minimum Gasteiger partial charge on any atom is -0.356 e. The Hall–Kier alpha value is -1.36. The molecule has 1 aromatic rings. The third-order valence-corrected chi connectivity index (χ3v) is 8.08. The average molecular weight is 482 g/mol. The van der Waals surface area contributed by atoms with Crippen molar-refractivity contribution >= 4 is 27.5 Å². The number of amides is 1. The van der Waals surface area contributed by atoms with E-state index in [2.05, 4.69) is 10.2 Å². The maximum absolute atomic E-state index is 13.1. The normalized spacial score (nSPS) is 19.6. The number of piperidine rings is 1. The summed E-state index contributed by atoms with van der Waals surface area (Å²) in [4.78, 5) is 14.3. The molecule has 6 nitrogen and oxygen atoms in total. The van der Waals surface area contributed by atoms with Crippen LogP contribution in [0, 0.1) is 5.92 Å². The van der Waals surface area contributed by atoms with Crippen molar-refractivity contribution in [2.75, 3.05) is 39.3 Å². The molecule has 0 spiro atoms. The van der Waals surface area contributed by atoms with Gasteiger partial charge in [-0.05, 0) is 69.9 Å². The summed E-state index contributed by atoms with van der Waals surface area (Å²) in [5.41, 5.74) is -1.18. The zero-order valence-electron chi connectivity index (χ0n) is 17.1. The molecule has 0 bridgehead atoms. The molecule has 174 valence electrons. The lowest BCUT2D eigenvalue weighted by molar-refractivity contribution is -0.137. The van der Waals surface area contributed by atoms with E-state index >= 15 is 0 Å². The first-order chi connectivity index (χ1) is 14.6. The summed E-state index contributed by atoms with van der Waals surface area (Å²) in [5.74, 6) is -0.390. The monoisotopic (exact) mass is 481 g/mol. The largest absolute Gasteiger partial charge is 0.417 e. The van der Waals surface area contributed by atoms with Crippen LogP contribution in [-0.2, 0) is 21.0 Å². The Labute approximate surface area is 185 Å². The van der Waals surface area contributed by atoms with Crippen LogP contribution < -0.4 is 5.32 Å². The van der Waals surface area contributed by atoms with Crippen molar-refractivity contribution in [3.8, 4) is 0 Å². The zero-order chi connectivity index (χ0) is 22.6. The van der Waals surface area contributed by atoms with Gasteiger partial charge in [0.1, 0.15) is 0 Å². The van der Waals surface area contributed by atoms with Gasteiger partial charge in [-0.2, -0.15) is 17.5 Å². The summed E-state index contributed by atoms with van der Waals surface area (Å²) in [6, 6.07) is 2.59. The number of carbonyl (C=O) groups excluding carboxylic acids is 1. The molecule has 11 heteroatoms. The van der Waals surface area contributed by atoms with Gasteiger partial charge in [-0.1, -0.05) is 11.6 Å². The number of hydrogen-bond acceptors (Lipinski definition) is 4. The van der Waals surface area contributed by atoms with Crippen molar-refractivity contribution in [1.82, 2.24) is 14.5 Å². The zero-order valence-corrected chi connectivity index (χ0v) is 18.7. The molecule has 2 fully saturated rings. The second-order valence-electron chi connectivity index (χ2n) is 8.01. The molecular formula is C20H27ClF3N3O3S. The molecule has 31 heavy (non-hydrogen) atoms. The molecule has 3 rings (SSSR count). The fraction of sp³-hybridized carbons (Fsp3) is 0.650. The first-order valence-corrected chi connectivity index (χ1v) is 12.3. The van der Waals surface area contributed by atoms with Crippen molar-refractivity contribution in [2.45, 2.75) is 43.2 Å². The summed E-state index contributed by atoms with van der Waals surface area (Å²) >= 11 is 5.58. The van der Waals surface area contributed by atoms with Crippen molar-refractivity contribution in [3.05, 3.63) is 28.8 Å². The second-order valence-corrected chi connectivity index (χ2v) is 10.4. The molecule has 1 amide bonds. The lowest BCUT2D eigenvalue weighted by atomic mass is 9.97. The van der Waals surface area contributed by atoms with Crippen LogP contribution >= 0.6 is 11.6 Å². The van der Waals surface area contributed by atoms with Gasteiger partial charge in [0.2, 0.25) is 15.9 Å². The van der Waals surface area contributed by atoms with Crippen LogP contribution in [0.25, 0.3) is 0 Å². The molecule has 1 N–H and O–H groups in total. The number of halogens is 4. The lowest BCUT2D eigenvalue weighted by Crippen LogP contribution is -2.43. The molecule has 2 aliphatic heterocycles. The highest BCUT2D eigenvalue weighted by molar-refractivity contribution is 7.89. The summed E-state index contributed by atoms with van der Waals surface area (Å²) in [6.07, 6.45) is -0.768. The number of benzene rings is 1. The smallest absolute Gasteiger partial charge is 0.356 e. The van der Waals surface area contributed by atoms with Gasteiger partial charge in [0.05, 0.1) is 15.5 Å². The van der Waals surface area contributed by atoms with Crippen LogP contribution in [0.15, 0.2) is 23.1 Å². The second kappa shape index (κ2) is 10.1.